The van der Waals surface area contributed by atoms with Gasteiger partial charge in [0.2, 0.25) is 23.4 Å². The number of carbonyl (C=O) groups is 1. The van der Waals surface area contributed by atoms with Crippen LogP contribution in [0.3, 0.4) is 0 Å². The topological polar surface area (TPSA) is 87.3 Å². The monoisotopic (exact) mass is 259 g/mol. The molecule has 0 aliphatic heterocycles. The maximum absolute atomic E-state index is 12.3. The Morgan fingerprint density at radius 3 is 2.21 bits per heavy atom. The van der Waals surface area contributed by atoms with Gasteiger partial charge in [-0.15, -0.1) is 0 Å². The number of benzene rings is 1. The fourth-order valence-electron chi connectivity index (χ4n) is 1.54. The van der Waals surface area contributed by atoms with Crippen molar-refractivity contribution < 1.29 is 14.3 Å². The number of nitrogen functional groups attached to an aromatic ring is 1. The number of para-hydroxylation sites is 1. The van der Waals surface area contributed by atoms with Gasteiger partial charge in [-0.1, -0.05) is 12.1 Å². The fraction of sp³-hybridized carbons (Fsp3) is 0.154. The fourth-order valence-corrected chi connectivity index (χ4v) is 1.54. The van der Waals surface area contributed by atoms with Gasteiger partial charge in [-0.3, -0.25) is 4.79 Å². The highest BCUT2D eigenvalue weighted by Gasteiger charge is 2.17. The molecule has 0 saturated heterocycles. The Hall–Kier alpha value is -2.63. The van der Waals surface area contributed by atoms with Crippen LogP contribution in [0.4, 0.5) is 5.69 Å². The van der Waals surface area contributed by atoms with Crippen molar-refractivity contribution in [1.82, 2.24) is 9.97 Å². The third kappa shape index (κ3) is 2.62. The molecule has 98 valence electrons. The molecule has 0 atom stereocenters. The van der Waals surface area contributed by atoms with E-state index in [0.29, 0.717) is 11.3 Å². The van der Waals surface area contributed by atoms with E-state index >= 15 is 0 Å². The molecular formula is C13H13N3O3. The highest BCUT2D eigenvalue weighted by atomic mass is 16.5. The molecule has 1 aromatic carbocycles. The minimum Gasteiger partial charge on any atom is -0.481 e. The highest BCUT2D eigenvalue weighted by Crippen LogP contribution is 2.19. The molecule has 2 aromatic rings. The first-order valence-corrected chi connectivity index (χ1v) is 5.52. The second-order valence-corrected chi connectivity index (χ2v) is 3.69. The number of nitrogens with two attached hydrogens (primary N) is 1. The van der Waals surface area contributed by atoms with Gasteiger partial charge in [0.05, 0.1) is 20.3 Å². The van der Waals surface area contributed by atoms with Gasteiger partial charge in [0, 0.05) is 11.3 Å². The van der Waals surface area contributed by atoms with Gasteiger partial charge in [-0.05, 0) is 12.1 Å². The lowest BCUT2D eigenvalue weighted by molar-refractivity contribution is 0.102. The molecule has 0 saturated carbocycles. The SMILES string of the molecule is COc1cc(OC)nc(C(=O)c2ccccc2N)n1. The molecule has 19 heavy (non-hydrogen) atoms. The van der Waals surface area contributed by atoms with E-state index in [0.717, 1.165) is 0 Å². The van der Waals surface area contributed by atoms with E-state index in [1.165, 1.54) is 20.3 Å². The third-order valence-corrected chi connectivity index (χ3v) is 2.51. The van der Waals surface area contributed by atoms with Crippen molar-refractivity contribution in [2.75, 3.05) is 20.0 Å². The molecule has 0 unspecified atom stereocenters. The number of anilines is 1. The van der Waals surface area contributed by atoms with Crippen LogP contribution in [0.2, 0.25) is 0 Å². The summed E-state index contributed by atoms with van der Waals surface area (Å²) >= 11 is 0. The van der Waals surface area contributed by atoms with Crippen molar-refractivity contribution in [3.05, 3.63) is 41.7 Å². The summed E-state index contributed by atoms with van der Waals surface area (Å²) in [5, 5.41) is 0. The molecule has 2 N–H and O–H groups in total. The second-order valence-electron chi connectivity index (χ2n) is 3.69. The number of aromatic nitrogens is 2. The van der Waals surface area contributed by atoms with Crippen LogP contribution >= 0.6 is 0 Å². The number of methoxy groups -OCH3 is 2. The van der Waals surface area contributed by atoms with Gasteiger partial charge in [-0.2, -0.15) is 9.97 Å². The summed E-state index contributed by atoms with van der Waals surface area (Å²) in [6, 6.07) is 8.23. The molecular weight excluding hydrogens is 246 g/mol. The van der Waals surface area contributed by atoms with E-state index < -0.39 is 0 Å². The third-order valence-electron chi connectivity index (χ3n) is 2.51. The summed E-state index contributed by atoms with van der Waals surface area (Å²) in [4.78, 5) is 20.3. The van der Waals surface area contributed by atoms with E-state index in [4.69, 9.17) is 15.2 Å². The summed E-state index contributed by atoms with van der Waals surface area (Å²) in [5.74, 6) is 0.110. The Balaban J connectivity index is 2.47. The van der Waals surface area contributed by atoms with E-state index in [9.17, 15) is 4.79 Å². The maximum atomic E-state index is 12.3. The number of ether oxygens (including phenoxy) is 2. The van der Waals surface area contributed by atoms with Crippen LogP contribution in [-0.2, 0) is 0 Å². The Bertz CT molecular complexity index is 592. The molecule has 0 spiro atoms. The van der Waals surface area contributed by atoms with Crippen LogP contribution < -0.4 is 15.2 Å². The number of hydrogen-bond donors (Lipinski definition) is 1. The average molecular weight is 259 g/mol. The molecule has 1 aromatic heterocycles. The van der Waals surface area contributed by atoms with Crippen molar-refractivity contribution in [1.29, 1.82) is 0 Å². The van der Waals surface area contributed by atoms with Gasteiger partial charge in [-0.25, -0.2) is 0 Å². The Morgan fingerprint density at radius 2 is 1.68 bits per heavy atom. The number of carbonyl (C=O) groups excluding carboxylic acids is 1. The lowest BCUT2D eigenvalue weighted by atomic mass is 10.1. The minimum atomic E-state index is -0.379. The number of nitrogens with zero attached hydrogens (tertiary/aromatic N) is 2. The van der Waals surface area contributed by atoms with Crippen molar-refractivity contribution in [3.63, 3.8) is 0 Å². The largest absolute Gasteiger partial charge is 0.481 e. The molecule has 6 heteroatoms. The van der Waals surface area contributed by atoms with Crippen molar-refractivity contribution >= 4 is 11.5 Å². The van der Waals surface area contributed by atoms with Crippen LogP contribution in [0.5, 0.6) is 11.8 Å². The van der Waals surface area contributed by atoms with Crippen LogP contribution in [0.1, 0.15) is 16.2 Å². The first-order chi connectivity index (χ1) is 9.15. The maximum Gasteiger partial charge on any atom is 0.232 e. The lowest BCUT2D eigenvalue weighted by Gasteiger charge is -2.07. The Morgan fingerprint density at radius 1 is 1.11 bits per heavy atom. The van der Waals surface area contributed by atoms with Crippen molar-refractivity contribution in [2.24, 2.45) is 0 Å². The number of hydrogen-bond acceptors (Lipinski definition) is 6. The molecule has 6 nitrogen and oxygen atoms in total. The normalized spacial score (nSPS) is 10.0. The quantitative estimate of drug-likeness (QED) is 0.658. The highest BCUT2D eigenvalue weighted by molar-refractivity contribution is 6.09. The first-order valence-electron chi connectivity index (χ1n) is 5.52. The zero-order chi connectivity index (χ0) is 13.8. The van der Waals surface area contributed by atoms with Gasteiger partial charge >= 0.3 is 0 Å². The van der Waals surface area contributed by atoms with E-state index in [1.807, 2.05) is 0 Å². The van der Waals surface area contributed by atoms with Gasteiger partial charge in [0.15, 0.2) is 0 Å². The molecule has 0 fully saturated rings. The molecule has 0 bridgehead atoms. The first kappa shape index (κ1) is 12.8. The minimum absolute atomic E-state index is 0.0194. The predicted molar refractivity (Wildman–Crippen MR) is 69.4 cm³/mol. The molecule has 0 amide bonds. The van der Waals surface area contributed by atoms with Gasteiger partial charge in [0.25, 0.3) is 0 Å². The van der Waals surface area contributed by atoms with Gasteiger partial charge < -0.3 is 15.2 Å². The number of ketones is 1. The summed E-state index contributed by atoms with van der Waals surface area (Å²) in [6.45, 7) is 0. The lowest BCUT2D eigenvalue weighted by Crippen LogP contribution is -2.11. The number of rotatable bonds is 4. The predicted octanol–water partition coefficient (Wildman–Crippen LogP) is 1.31. The molecule has 2 rings (SSSR count). The Kier molecular flexibility index (Phi) is 3.61. The molecule has 0 radical (unpaired) electrons. The van der Waals surface area contributed by atoms with Crippen LogP contribution in [0.25, 0.3) is 0 Å². The Labute approximate surface area is 110 Å². The van der Waals surface area contributed by atoms with Crippen molar-refractivity contribution in [2.45, 2.75) is 0 Å². The standard InChI is InChI=1S/C13H13N3O3/c1-18-10-7-11(19-2)16-13(15-10)12(17)8-5-3-4-6-9(8)14/h3-7H,14H2,1-2H3. The summed E-state index contributed by atoms with van der Waals surface area (Å²) in [5.41, 5.74) is 6.48. The zero-order valence-corrected chi connectivity index (χ0v) is 10.6. The van der Waals surface area contributed by atoms with E-state index in [2.05, 4.69) is 9.97 Å². The van der Waals surface area contributed by atoms with E-state index in [1.54, 1.807) is 24.3 Å². The van der Waals surface area contributed by atoms with E-state index in [-0.39, 0.29) is 23.4 Å². The van der Waals surface area contributed by atoms with Crippen LogP contribution in [0, 0.1) is 0 Å². The molecule has 0 aliphatic carbocycles. The molecule has 1 heterocycles. The van der Waals surface area contributed by atoms with Crippen molar-refractivity contribution in [3.8, 4) is 11.8 Å². The summed E-state index contributed by atoms with van der Waals surface area (Å²) < 4.78 is 10.00. The van der Waals surface area contributed by atoms with Gasteiger partial charge in [0.1, 0.15) is 0 Å². The summed E-state index contributed by atoms with van der Waals surface area (Å²) in [7, 11) is 2.90. The summed E-state index contributed by atoms with van der Waals surface area (Å²) in [6.07, 6.45) is 0. The smallest absolute Gasteiger partial charge is 0.232 e. The van der Waals surface area contributed by atoms with Crippen LogP contribution in [-0.4, -0.2) is 30.0 Å². The molecule has 0 aliphatic rings. The second kappa shape index (κ2) is 5.34. The van der Waals surface area contributed by atoms with Crippen LogP contribution in [0.15, 0.2) is 30.3 Å². The average Bonchev–Trinajstić information content (AvgIpc) is 2.46. The zero-order valence-electron chi connectivity index (χ0n) is 10.6.